The molecule has 2 heterocycles. The van der Waals surface area contributed by atoms with E-state index in [4.69, 9.17) is 4.74 Å². The van der Waals surface area contributed by atoms with Gasteiger partial charge in [0.05, 0.1) is 17.4 Å². The Kier molecular flexibility index (Phi) is 6.13. The van der Waals surface area contributed by atoms with Crippen molar-refractivity contribution >= 4 is 11.8 Å². The zero-order chi connectivity index (χ0) is 20.9. The molecule has 2 unspecified atom stereocenters. The quantitative estimate of drug-likeness (QED) is 0.794. The second kappa shape index (κ2) is 8.57. The SMILES string of the molecule is CC(C)(C)OC(=O)NC(c1ccccc1)C(O)(C1=NC=CCC1)c1ccccn1. The van der Waals surface area contributed by atoms with Crippen molar-refractivity contribution in [3.8, 4) is 0 Å². The van der Waals surface area contributed by atoms with Crippen LogP contribution in [-0.2, 0) is 10.3 Å². The molecule has 0 spiro atoms. The summed E-state index contributed by atoms with van der Waals surface area (Å²) in [6.07, 6.45) is 5.94. The number of aliphatic imine (C=N–C) groups is 1. The second-order valence-electron chi connectivity index (χ2n) is 7.97. The van der Waals surface area contributed by atoms with Crippen LogP contribution in [0.2, 0.25) is 0 Å². The van der Waals surface area contributed by atoms with E-state index in [9.17, 15) is 9.90 Å². The lowest BCUT2D eigenvalue weighted by Crippen LogP contribution is -2.51. The summed E-state index contributed by atoms with van der Waals surface area (Å²) in [6, 6.07) is 13.8. The van der Waals surface area contributed by atoms with Gasteiger partial charge in [-0.05, 0) is 51.3 Å². The predicted molar refractivity (Wildman–Crippen MR) is 112 cm³/mol. The van der Waals surface area contributed by atoms with Crippen LogP contribution in [0.5, 0.6) is 0 Å². The van der Waals surface area contributed by atoms with E-state index >= 15 is 0 Å². The number of rotatable bonds is 5. The number of aromatic nitrogens is 1. The number of amides is 1. The van der Waals surface area contributed by atoms with E-state index in [1.54, 1.807) is 45.3 Å². The molecule has 0 saturated heterocycles. The first-order valence-electron chi connectivity index (χ1n) is 9.71. The summed E-state index contributed by atoms with van der Waals surface area (Å²) < 4.78 is 5.47. The largest absolute Gasteiger partial charge is 0.444 e. The van der Waals surface area contributed by atoms with Crippen molar-refractivity contribution in [2.24, 2.45) is 4.99 Å². The Morgan fingerprint density at radius 3 is 2.45 bits per heavy atom. The first kappa shape index (κ1) is 20.7. The molecule has 1 aromatic heterocycles. The van der Waals surface area contributed by atoms with Crippen molar-refractivity contribution in [3.05, 3.63) is 78.3 Å². The van der Waals surface area contributed by atoms with Gasteiger partial charge in [0.15, 0.2) is 5.60 Å². The molecule has 6 heteroatoms. The van der Waals surface area contributed by atoms with Crippen LogP contribution >= 0.6 is 0 Å². The highest BCUT2D eigenvalue weighted by molar-refractivity contribution is 5.95. The van der Waals surface area contributed by atoms with Crippen LogP contribution < -0.4 is 5.32 Å². The van der Waals surface area contributed by atoms with Crippen molar-refractivity contribution in [2.75, 3.05) is 0 Å². The highest BCUT2D eigenvalue weighted by atomic mass is 16.6. The fourth-order valence-electron chi connectivity index (χ4n) is 3.34. The number of aliphatic hydroxyl groups is 1. The van der Waals surface area contributed by atoms with E-state index < -0.39 is 23.3 Å². The van der Waals surface area contributed by atoms with Gasteiger partial charge in [-0.25, -0.2) is 4.79 Å². The number of nitrogens with one attached hydrogen (secondary N) is 1. The zero-order valence-corrected chi connectivity index (χ0v) is 17.0. The van der Waals surface area contributed by atoms with Crippen LogP contribution in [0.4, 0.5) is 4.79 Å². The molecule has 1 aliphatic rings. The molecule has 0 radical (unpaired) electrons. The minimum Gasteiger partial charge on any atom is -0.444 e. The summed E-state index contributed by atoms with van der Waals surface area (Å²) in [6.45, 7) is 5.39. The van der Waals surface area contributed by atoms with E-state index in [1.165, 1.54) is 0 Å². The summed E-state index contributed by atoms with van der Waals surface area (Å²) in [5.41, 5.74) is -0.615. The van der Waals surface area contributed by atoms with Gasteiger partial charge in [-0.2, -0.15) is 0 Å². The lowest BCUT2D eigenvalue weighted by atomic mass is 9.79. The molecule has 3 rings (SSSR count). The van der Waals surface area contributed by atoms with E-state index in [0.717, 1.165) is 12.0 Å². The molecule has 0 bridgehead atoms. The Morgan fingerprint density at radius 2 is 1.86 bits per heavy atom. The lowest BCUT2D eigenvalue weighted by molar-refractivity contribution is 0.0266. The van der Waals surface area contributed by atoms with Gasteiger partial charge in [0.2, 0.25) is 0 Å². The molecule has 6 nitrogen and oxygen atoms in total. The number of benzene rings is 1. The molecular weight excluding hydrogens is 366 g/mol. The van der Waals surface area contributed by atoms with Gasteiger partial charge >= 0.3 is 6.09 Å². The van der Waals surface area contributed by atoms with Crippen molar-refractivity contribution < 1.29 is 14.6 Å². The molecule has 29 heavy (non-hydrogen) atoms. The maximum Gasteiger partial charge on any atom is 0.408 e. The van der Waals surface area contributed by atoms with Crippen LogP contribution in [0.25, 0.3) is 0 Å². The summed E-state index contributed by atoms with van der Waals surface area (Å²) in [5, 5.41) is 14.9. The van der Waals surface area contributed by atoms with Crippen molar-refractivity contribution in [2.45, 2.75) is 50.9 Å². The Balaban J connectivity index is 2.11. The molecule has 152 valence electrons. The van der Waals surface area contributed by atoms with E-state index in [2.05, 4.69) is 15.3 Å². The number of nitrogens with zero attached hydrogens (tertiary/aromatic N) is 2. The third-order valence-corrected chi connectivity index (χ3v) is 4.59. The van der Waals surface area contributed by atoms with Crippen molar-refractivity contribution in [1.82, 2.24) is 10.3 Å². The third-order valence-electron chi connectivity index (χ3n) is 4.59. The molecule has 2 atom stereocenters. The summed E-state index contributed by atoms with van der Waals surface area (Å²) in [4.78, 5) is 21.6. The molecule has 0 aliphatic carbocycles. The number of carbonyl (C=O) groups is 1. The van der Waals surface area contributed by atoms with Gasteiger partial charge < -0.3 is 15.2 Å². The Hall–Kier alpha value is -2.99. The Labute approximate surface area is 171 Å². The highest BCUT2D eigenvalue weighted by Gasteiger charge is 2.46. The van der Waals surface area contributed by atoms with Crippen LogP contribution in [0.15, 0.2) is 72.0 Å². The minimum absolute atomic E-state index is 0.416. The van der Waals surface area contributed by atoms with Crippen LogP contribution in [0.1, 0.15) is 50.9 Å². The third kappa shape index (κ3) is 4.90. The van der Waals surface area contributed by atoms with Crippen molar-refractivity contribution in [1.29, 1.82) is 0 Å². The minimum atomic E-state index is -1.63. The number of ether oxygens (including phenoxy) is 1. The number of alkyl carbamates (subject to hydrolysis) is 1. The normalized spacial score (nSPS) is 17.0. The average Bonchev–Trinajstić information content (AvgIpc) is 2.72. The Bertz CT molecular complexity index is 889. The molecule has 0 saturated carbocycles. The average molecular weight is 393 g/mol. The summed E-state index contributed by atoms with van der Waals surface area (Å²) >= 11 is 0. The zero-order valence-electron chi connectivity index (χ0n) is 17.0. The maximum absolute atomic E-state index is 12.7. The van der Waals surface area contributed by atoms with E-state index in [1.807, 2.05) is 42.5 Å². The molecule has 0 fully saturated rings. The number of carbonyl (C=O) groups excluding carboxylic acids is 1. The van der Waals surface area contributed by atoms with Crippen LogP contribution in [-0.4, -0.2) is 27.5 Å². The van der Waals surface area contributed by atoms with Crippen molar-refractivity contribution in [3.63, 3.8) is 0 Å². The van der Waals surface area contributed by atoms with Gasteiger partial charge in [-0.3, -0.25) is 9.98 Å². The molecular formula is C23H27N3O3. The van der Waals surface area contributed by atoms with Gasteiger partial charge in [0.1, 0.15) is 5.60 Å². The monoisotopic (exact) mass is 393 g/mol. The predicted octanol–water partition coefficient (Wildman–Crippen LogP) is 4.28. The van der Waals surface area contributed by atoms with Gasteiger partial charge in [0.25, 0.3) is 0 Å². The van der Waals surface area contributed by atoms with Gasteiger partial charge in [-0.1, -0.05) is 42.5 Å². The first-order valence-corrected chi connectivity index (χ1v) is 9.71. The van der Waals surface area contributed by atoms with Crippen LogP contribution in [0, 0.1) is 0 Å². The summed E-state index contributed by atoms with van der Waals surface area (Å²) in [5.74, 6) is 0. The number of pyridine rings is 1. The highest BCUT2D eigenvalue weighted by Crippen LogP contribution is 2.38. The second-order valence-corrected chi connectivity index (χ2v) is 7.97. The van der Waals surface area contributed by atoms with Gasteiger partial charge in [-0.15, -0.1) is 0 Å². The maximum atomic E-state index is 12.7. The van der Waals surface area contributed by atoms with E-state index in [-0.39, 0.29) is 0 Å². The van der Waals surface area contributed by atoms with E-state index in [0.29, 0.717) is 17.8 Å². The van der Waals surface area contributed by atoms with Crippen LogP contribution in [0.3, 0.4) is 0 Å². The lowest BCUT2D eigenvalue weighted by Gasteiger charge is -2.38. The molecule has 1 amide bonds. The molecule has 1 aliphatic heterocycles. The molecule has 2 aromatic rings. The first-order chi connectivity index (χ1) is 13.8. The number of allylic oxidation sites excluding steroid dienone is 1. The summed E-state index contributed by atoms with van der Waals surface area (Å²) in [7, 11) is 0. The topological polar surface area (TPSA) is 83.8 Å². The Morgan fingerprint density at radius 1 is 1.14 bits per heavy atom. The fourth-order valence-corrected chi connectivity index (χ4v) is 3.34. The molecule has 2 N–H and O–H groups in total. The number of hydrogen-bond acceptors (Lipinski definition) is 5. The smallest absolute Gasteiger partial charge is 0.408 e. The molecule has 1 aromatic carbocycles. The van der Waals surface area contributed by atoms with Gasteiger partial charge in [0, 0.05) is 12.4 Å². The fraction of sp³-hybridized carbons (Fsp3) is 0.348. The standard InChI is InChI=1S/C23H27N3O3/c1-22(2,3)29-21(27)26-20(17-11-5-4-6-12-17)23(28,18-13-7-9-15-24-18)19-14-8-10-16-25-19/h4-7,9-13,15-16,20,28H,8,14H2,1-3H3,(H,26,27). The number of hydrogen-bond donors (Lipinski definition) is 2.